The van der Waals surface area contributed by atoms with Crippen molar-refractivity contribution in [3.05, 3.63) is 101 Å². The molecule has 2 aromatic carbocycles. The first-order valence-corrected chi connectivity index (χ1v) is 11.9. The Bertz CT molecular complexity index is 998. The molecule has 1 aromatic heterocycles. The Morgan fingerprint density at radius 3 is 2.12 bits per heavy atom. The molecule has 2 heterocycles. The molecule has 1 N–H and O–H groups in total. The van der Waals surface area contributed by atoms with Crippen LogP contribution in [-0.4, -0.2) is 71.2 Å². The summed E-state index contributed by atoms with van der Waals surface area (Å²) in [5, 5.41) is 10.4. The second kappa shape index (κ2) is 11.9. The average Bonchev–Trinajstić information content (AvgIpc) is 2.86. The van der Waals surface area contributed by atoms with Crippen molar-refractivity contribution in [2.75, 3.05) is 39.3 Å². The predicted octanol–water partition coefficient (Wildman–Crippen LogP) is 3.24. The molecule has 0 bridgehead atoms. The maximum Gasteiger partial charge on any atom is 0.234 e. The zero-order valence-electron chi connectivity index (χ0n) is 19.7. The highest BCUT2D eigenvalue weighted by molar-refractivity contribution is 5.87. The number of amides is 1. The number of β-amino-alcohol motifs (C(OH)–C–C–N with tert-alkyl or cyclic N) is 1. The summed E-state index contributed by atoms with van der Waals surface area (Å²) in [5.74, 6) is -0.172. The molecule has 1 amide bonds. The van der Waals surface area contributed by atoms with Crippen LogP contribution in [-0.2, 0) is 16.1 Å². The van der Waals surface area contributed by atoms with Crippen molar-refractivity contribution < 1.29 is 14.6 Å². The summed E-state index contributed by atoms with van der Waals surface area (Å²) in [6, 6.07) is 25.8. The van der Waals surface area contributed by atoms with Crippen molar-refractivity contribution in [2.24, 2.45) is 0 Å². The minimum atomic E-state index is -0.576. The Morgan fingerprint density at radius 2 is 1.53 bits per heavy atom. The number of rotatable bonds is 9. The number of aryl methyl sites for hydroxylation is 1. The number of nitrogens with zero attached hydrogens (tertiary/aromatic N) is 3. The number of carbonyl (C=O) groups excluding carboxylic acids is 1. The zero-order chi connectivity index (χ0) is 23.8. The van der Waals surface area contributed by atoms with Gasteiger partial charge in [-0.3, -0.25) is 14.7 Å². The monoisotopic (exact) mass is 459 g/mol. The van der Waals surface area contributed by atoms with E-state index >= 15 is 0 Å². The summed E-state index contributed by atoms with van der Waals surface area (Å²) in [6.45, 7) is 5.90. The molecule has 1 aliphatic rings. The maximum absolute atomic E-state index is 13.6. The molecule has 0 aliphatic carbocycles. The number of pyridine rings is 1. The number of benzene rings is 2. The zero-order valence-corrected chi connectivity index (χ0v) is 19.7. The van der Waals surface area contributed by atoms with E-state index in [0.717, 1.165) is 35.6 Å². The average molecular weight is 460 g/mol. The molecule has 1 fully saturated rings. The highest BCUT2D eigenvalue weighted by atomic mass is 16.5. The van der Waals surface area contributed by atoms with E-state index in [4.69, 9.17) is 4.74 Å². The van der Waals surface area contributed by atoms with E-state index in [0.29, 0.717) is 26.2 Å². The van der Waals surface area contributed by atoms with Crippen molar-refractivity contribution in [1.29, 1.82) is 0 Å². The van der Waals surface area contributed by atoms with Gasteiger partial charge in [0, 0.05) is 38.4 Å². The molecule has 1 atom stereocenters. The standard InChI is InChI=1S/C28H33N3O3/c1-22-9-8-14-25(29-22)20-34-21-26(32)19-30-15-17-31(18-16-30)28(33)27(23-10-4-2-5-11-23)24-12-6-3-7-13-24/h2-14,26-27,32H,15-21H2,1H3. The van der Waals surface area contributed by atoms with Crippen LogP contribution in [0.4, 0.5) is 0 Å². The van der Waals surface area contributed by atoms with Crippen LogP contribution in [0.1, 0.15) is 28.4 Å². The summed E-state index contributed by atoms with van der Waals surface area (Å²) < 4.78 is 5.66. The molecule has 3 aromatic rings. The number of aliphatic hydroxyl groups is 1. The van der Waals surface area contributed by atoms with E-state index in [2.05, 4.69) is 9.88 Å². The summed E-state index contributed by atoms with van der Waals surface area (Å²) in [5.41, 5.74) is 3.84. The van der Waals surface area contributed by atoms with Gasteiger partial charge >= 0.3 is 0 Å². The van der Waals surface area contributed by atoms with Crippen LogP contribution < -0.4 is 0 Å². The van der Waals surface area contributed by atoms with Gasteiger partial charge in [0.15, 0.2) is 0 Å². The summed E-state index contributed by atoms with van der Waals surface area (Å²) in [7, 11) is 0. The molecule has 34 heavy (non-hydrogen) atoms. The molecule has 6 nitrogen and oxygen atoms in total. The van der Waals surface area contributed by atoms with Gasteiger partial charge in [0.25, 0.3) is 0 Å². The van der Waals surface area contributed by atoms with Gasteiger partial charge < -0.3 is 14.7 Å². The molecule has 4 rings (SSSR count). The van der Waals surface area contributed by atoms with Crippen molar-refractivity contribution in [1.82, 2.24) is 14.8 Å². The molecule has 0 spiro atoms. The van der Waals surface area contributed by atoms with Crippen molar-refractivity contribution >= 4 is 5.91 Å². The second-order valence-electron chi connectivity index (χ2n) is 8.82. The number of ether oxygens (including phenoxy) is 1. The molecular weight excluding hydrogens is 426 g/mol. The van der Waals surface area contributed by atoms with Crippen LogP contribution in [0.5, 0.6) is 0 Å². The molecular formula is C28H33N3O3. The van der Waals surface area contributed by atoms with Gasteiger partial charge in [-0.1, -0.05) is 66.7 Å². The third-order valence-electron chi connectivity index (χ3n) is 6.17. The largest absolute Gasteiger partial charge is 0.389 e. The van der Waals surface area contributed by atoms with Gasteiger partial charge in [0.05, 0.1) is 30.9 Å². The topological polar surface area (TPSA) is 65.9 Å². The van der Waals surface area contributed by atoms with E-state index in [1.807, 2.05) is 90.7 Å². The summed E-state index contributed by atoms with van der Waals surface area (Å²) in [4.78, 5) is 22.1. The van der Waals surface area contributed by atoms with Crippen LogP contribution in [0.15, 0.2) is 78.9 Å². The fourth-order valence-corrected chi connectivity index (χ4v) is 4.43. The first kappa shape index (κ1) is 24.1. The Morgan fingerprint density at radius 1 is 0.912 bits per heavy atom. The number of hydrogen-bond acceptors (Lipinski definition) is 5. The predicted molar refractivity (Wildman–Crippen MR) is 132 cm³/mol. The number of aromatic nitrogens is 1. The van der Waals surface area contributed by atoms with Gasteiger partial charge in [-0.05, 0) is 30.2 Å². The molecule has 0 saturated carbocycles. The molecule has 1 unspecified atom stereocenters. The van der Waals surface area contributed by atoms with Crippen molar-refractivity contribution in [3.63, 3.8) is 0 Å². The van der Waals surface area contributed by atoms with E-state index < -0.39 is 6.10 Å². The Kier molecular flexibility index (Phi) is 8.41. The van der Waals surface area contributed by atoms with Crippen molar-refractivity contribution in [3.8, 4) is 0 Å². The Balaban J connectivity index is 1.28. The van der Waals surface area contributed by atoms with Gasteiger partial charge in [-0.25, -0.2) is 0 Å². The number of carbonyl (C=O) groups is 1. The fourth-order valence-electron chi connectivity index (χ4n) is 4.43. The lowest BCUT2D eigenvalue weighted by molar-refractivity contribution is -0.133. The maximum atomic E-state index is 13.6. The number of piperazine rings is 1. The van der Waals surface area contributed by atoms with Crippen LogP contribution in [0.25, 0.3) is 0 Å². The van der Waals surface area contributed by atoms with Gasteiger partial charge in [-0.15, -0.1) is 0 Å². The highest BCUT2D eigenvalue weighted by Crippen LogP contribution is 2.27. The van der Waals surface area contributed by atoms with E-state index in [9.17, 15) is 9.90 Å². The Hall–Kier alpha value is -3.06. The minimum absolute atomic E-state index is 0.131. The SMILES string of the molecule is Cc1cccc(COCC(O)CN2CCN(C(=O)C(c3ccccc3)c3ccccc3)CC2)n1. The Labute approximate surface area is 201 Å². The lowest BCUT2D eigenvalue weighted by Crippen LogP contribution is -2.51. The quantitative estimate of drug-likeness (QED) is 0.532. The lowest BCUT2D eigenvalue weighted by atomic mass is 9.90. The van der Waals surface area contributed by atoms with Gasteiger partial charge in [0.2, 0.25) is 5.91 Å². The van der Waals surface area contributed by atoms with Crippen LogP contribution in [0.3, 0.4) is 0 Å². The van der Waals surface area contributed by atoms with Crippen LogP contribution >= 0.6 is 0 Å². The first-order valence-electron chi connectivity index (χ1n) is 11.9. The highest BCUT2D eigenvalue weighted by Gasteiger charge is 2.30. The van der Waals surface area contributed by atoms with Gasteiger partial charge in [0.1, 0.15) is 0 Å². The van der Waals surface area contributed by atoms with Crippen molar-refractivity contribution in [2.45, 2.75) is 25.6 Å². The normalized spacial score (nSPS) is 15.4. The third-order valence-corrected chi connectivity index (χ3v) is 6.17. The lowest BCUT2D eigenvalue weighted by Gasteiger charge is -2.37. The minimum Gasteiger partial charge on any atom is -0.389 e. The van der Waals surface area contributed by atoms with E-state index in [1.54, 1.807) is 0 Å². The molecule has 1 aliphatic heterocycles. The summed E-state index contributed by atoms with van der Waals surface area (Å²) >= 11 is 0. The molecule has 1 saturated heterocycles. The second-order valence-corrected chi connectivity index (χ2v) is 8.82. The van der Waals surface area contributed by atoms with Gasteiger partial charge in [-0.2, -0.15) is 0 Å². The van der Waals surface area contributed by atoms with Crippen LogP contribution in [0, 0.1) is 6.92 Å². The number of hydrogen-bond donors (Lipinski definition) is 1. The van der Waals surface area contributed by atoms with E-state index in [-0.39, 0.29) is 18.4 Å². The molecule has 6 heteroatoms. The van der Waals surface area contributed by atoms with Crippen LogP contribution in [0.2, 0.25) is 0 Å². The summed E-state index contributed by atoms with van der Waals surface area (Å²) in [6.07, 6.45) is -0.576. The smallest absolute Gasteiger partial charge is 0.234 e. The first-order chi connectivity index (χ1) is 16.6. The molecule has 178 valence electrons. The van der Waals surface area contributed by atoms with E-state index in [1.165, 1.54) is 0 Å². The third kappa shape index (κ3) is 6.50. The fraction of sp³-hybridized carbons (Fsp3) is 0.357. The molecule has 0 radical (unpaired) electrons. The number of aliphatic hydroxyl groups excluding tert-OH is 1.